The third-order valence-corrected chi connectivity index (χ3v) is 5.18. The van der Waals surface area contributed by atoms with Gasteiger partial charge < -0.3 is 14.6 Å². The van der Waals surface area contributed by atoms with Gasteiger partial charge in [0.05, 0.1) is 24.9 Å². The molecular weight excluding hydrogens is 254 g/mol. The molecule has 1 N–H and O–H groups in total. The number of hydrogen-bond donors (Lipinski definition) is 1. The Morgan fingerprint density at radius 3 is 2.50 bits per heavy atom. The van der Waals surface area contributed by atoms with Crippen LogP contribution in [-0.2, 0) is 9.47 Å². The number of piperidine rings is 1. The zero-order valence-corrected chi connectivity index (χ0v) is 12.5. The van der Waals surface area contributed by atoms with Gasteiger partial charge in [-0.15, -0.1) is 0 Å². The topological polar surface area (TPSA) is 41.9 Å². The second-order valence-corrected chi connectivity index (χ2v) is 6.62. The molecule has 1 saturated carbocycles. The number of likely N-dealkylation sites (tertiary alicyclic amines) is 1. The van der Waals surface area contributed by atoms with E-state index in [4.69, 9.17) is 9.47 Å². The minimum absolute atomic E-state index is 0.104. The summed E-state index contributed by atoms with van der Waals surface area (Å²) in [6, 6.07) is 0.405. The van der Waals surface area contributed by atoms with E-state index < -0.39 is 0 Å². The molecule has 4 nitrogen and oxygen atoms in total. The lowest BCUT2D eigenvalue weighted by Crippen LogP contribution is -2.50. The van der Waals surface area contributed by atoms with Gasteiger partial charge in [0.1, 0.15) is 0 Å². The van der Waals surface area contributed by atoms with Gasteiger partial charge in [0.25, 0.3) is 0 Å². The number of nitrogens with zero attached hydrogens (tertiary/aromatic N) is 1. The van der Waals surface area contributed by atoms with Crippen molar-refractivity contribution in [1.82, 2.24) is 4.90 Å². The molecule has 4 heteroatoms. The highest BCUT2D eigenvalue weighted by Gasteiger charge is 2.31. The number of aliphatic hydroxyl groups excluding tert-OH is 1. The third kappa shape index (κ3) is 3.73. The fourth-order valence-electron chi connectivity index (χ4n) is 3.91. The SMILES string of the molecule is OC1CCCCC1N1CCC(OCC2CCCO2)CC1. The van der Waals surface area contributed by atoms with Crippen molar-refractivity contribution in [2.45, 2.75) is 75.7 Å². The summed E-state index contributed by atoms with van der Waals surface area (Å²) < 4.78 is 11.6. The Morgan fingerprint density at radius 1 is 1.00 bits per heavy atom. The first-order chi connectivity index (χ1) is 9.83. The van der Waals surface area contributed by atoms with E-state index in [0.29, 0.717) is 18.2 Å². The zero-order valence-electron chi connectivity index (χ0n) is 12.5. The summed E-state index contributed by atoms with van der Waals surface area (Å²) in [5.74, 6) is 0. The molecule has 0 aromatic heterocycles. The number of aliphatic hydroxyl groups is 1. The fraction of sp³-hybridized carbons (Fsp3) is 1.00. The van der Waals surface area contributed by atoms with E-state index >= 15 is 0 Å². The van der Waals surface area contributed by atoms with Gasteiger partial charge in [-0.3, -0.25) is 4.90 Å². The molecule has 0 bridgehead atoms. The standard InChI is InChI=1S/C16H29NO3/c18-16-6-2-1-5-15(16)17-9-7-13(8-10-17)20-12-14-4-3-11-19-14/h13-16,18H,1-12H2. The van der Waals surface area contributed by atoms with Crippen molar-refractivity contribution in [3.63, 3.8) is 0 Å². The Kier molecular flexibility index (Phi) is 5.32. The maximum atomic E-state index is 10.1. The summed E-state index contributed by atoms with van der Waals surface area (Å²) in [6.07, 6.45) is 9.82. The van der Waals surface area contributed by atoms with E-state index in [9.17, 15) is 5.11 Å². The maximum Gasteiger partial charge on any atom is 0.0809 e. The van der Waals surface area contributed by atoms with E-state index in [1.807, 2.05) is 0 Å². The van der Waals surface area contributed by atoms with Crippen LogP contribution in [0.2, 0.25) is 0 Å². The van der Waals surface area contributed by atoms with Crippen molar-refractivity contribution in [3.05, 3.63) is 0 Å². The van der Waals surface area contributed by atoms with Gasteiger partial charge in [0, 0.05) is 25.7 Å². The van der Waals surface area contributed by atoms with Crippen LogP contribution in [0.15, 0.2) is 0 Å². The highest BCUT2D eigenvalue weighted by atomic mass is 16.5. The Balaban J connectivity index is 1.37. The molecule has 1 aliphatic carbocycles. The summed E-state index contributed by atoms with van der Waals surface area (Å²) in [6.45, 7) is 3.85. The second kappa shape index (κ2) is 7.21. The molecule has 2 aliphatic heterocycles. The zero-order chi connectivity index (χ0) is 13.8. The van der Waals surface area contributed by atoms with Crippen molar-refractivity contribution >= 4 is 0 Å². The van der Waals surface area contributed by atoms with Gasteiger partial charge in [-0.2, -0.15) is 0 Å². The quantitative estimate of drug-likeness (QED) is 0.856. The molecular formula is C16H29NO3. The van der Waals surface area contributed by atoms with Crippen LogP contribution in [0.3, 0.4) is 0 Å². The van der Waals surface area contributed by atoms with Crippen molar-refractivity contribution in [2.75, 3.05) is 26.3 Å². The minimum Gasteiger partial charge on any atom is -0.391 e. The lowest BCUT2D eigenvalue weighted by Gasteiger charge is -2.41. The Morgan fingerprint density at radius 2 is 1.80 bits per heavy atom. The van der Waals surface area contributed by atoms with E-state index in [2.05, 4.69) is 4.90 Å². The molecule has 2 saturated heterocycles. The molecule has 0 amide bonds. The smallest absolute Gasteiger partial charge is 0.0809 e. The first-order valence-electron chi connectivity index (χ1n) is 8.48. The third-order valence-electron chi connectivity index (χ3n) is 5.18. The van der Waals surface area contributed by atoms with E-state index in [-0.39, 0.29) is 6.10 Å². The molecule has 3 fully saturated rings. The van der Waals surface area contributed by atoms with Gasteiger partial charge in [-0.1, -0.05) is 12.8 Å². The Hall–Kier alpha value is -0.160. The van der Waals surface area contributed by atoms with Crippen LogP contribution in [0.1, 0.15) is 51.4 Å². The highest BCUT2D eigenvalue weighted by molar-refractivity contribution is 4.86. The van der Waals surface area contributed by atoms with Crippen LogP contribution >= 0.6 is 0 Å². The molecule has 3 rings (SSSR count). The van der Waals surface area contributed by atoms with E-state index in [1.165, 1.54) is 25.7 Å². The normalized spacial score (nSPS) is 37.4. The summed E-state index contributed by atoms with van der Waals surface area (Å²) in [5, 5.41) is 10.1. The fourth-order valence-corrected chi connectivity index (χ4v) is 3.91. The van der Waals surface area contributed by atoms with Crippen LogP contribution in [0.4, 0.5) is 0 Å². The van der Waals surface area contributed by atoms with Gasteiger partial charge in [0.15, 0.2) is 0 Å². The Labute approximate surface area is 122 Å². The molecule has 0 aromatic carbocycles. The van der Waals surface area contributed by atoms with Crippen LogP contribution in [0, 0.1) is 0 Å². The number of rotatable bonds is 4. The van der Waals surface area contributed by atoms with Crippen molar-refractivity contribution < 1.29 is 14.6 Å². The van der Waals surface area contributed by atoms with E-state index in [0.717, 1.165) is 52.0 Å². The average Bonchev–Trinajstić information content (AvgIpc) is 3.00. The predicted octanol–water partition coefficient (Wildman–Crippen LogP) is 1.95. The van der Waals surface area contributed by atoms with Crippen LogP contribution in [0.25, 0.3) is 0 Å². The largest absolute Gasteiger partial charge is 0.391 e. The summed E-state index contributed by atoms with van der Waals surface area (Å²) in [5.41, 5.74) is 0. The summed E-state index contributed by atoms with van der Waals surface area (Å²) in [7, 11) is 0. The molecule has 3 aliphatic rings. The first kappa shape index (κ1) is 14.8. The maximum absolute atomic E-state index is 10.1. The monoisotopic (exact) mass is 283 g/mol. The molecule has 20 heavy (non-hydrogen) atoms. The second-order valence-electron chi connectivity index (χ2n) is 6.62. The van der Waals surface area contributed by atoms with Gasteiger partial charge in [0.2, 0.25) is 0 Å². The minimum atomic E-state index is -0.104. The molecule has 0 radical (unpaired) electrons. The molecule has 3 unspecified atom stereocenters. The summed E-state index contributed by atoms with van der Waals surface area (Å²) >= 11 is 0. The van der Waals surface area contributed by atoms with Crippen LogP contribution < -0.4 is 0 Å². The molecule has 3 atom stereocenters. The van der Waals surface area contributed by atoms with E-state index in [1.54, 1.807) is 0 Å². The predicted molar refractivity (Wildman–Crippen MR) is 77.8 cm³/mol. The van der Waals surface area contributed by atoms with Crippen LogP contribution in [-0.4, -0.2) is 60.7 Å². The van der Waals surface area contributed by atoms with Gasteiger partial charge in [-0.25, -0.2) is 0 Å². The summed E-state index contributed by atoms with van der Waals surface area (Å²) in [4.78, 5) is 2.50. The van der Waals surface area contributed by atoms with Gasteiger partial charge in [-0.05, 0) is 38.5 Å². The number of hydrogen-bond acceptors (Lipinski definition) is 4. The molecule has 2 heterocycles. The van der Waals surface area contributed by atoms with Crippen molar-refractivity contribution in [3.8, 4) is 0 Å². The lowest BCUT2D eigenvalue weighted by atomic mass is 9.90. The lowest BCUT2D eigenvalue weighted by molar-refractivity contribution is -0.0592. The Bertz CT molecular complexity index is 285. The van der Waals surface area contributed by atoms with Crippen molar-refractivity contribution in [1.29, 1.82) is 0 Å². The molecule has 116 valence electrons. The number of ether oxygens (including phenoxy) is 2. The van der Waals surface area contributed by atoms with Crippen LogP contribution in [0.5, 0.6) is 0 Å². The highest BCUT2D eigenvalue weighted by Crippen LogP contribution is 2.26. The average molecular weight is 283 g/mol. The molecule has 0 spiro atoms. The molecule has 0 aromatic rings. The van der Waals surface area contributed by atoms with Crippen molar-refractivity contribution in [2.24, 2.45) is 0 Å². The van der Waals surface area contributed by atoms with Gasteiger partial charge >= 0.3 is 0 Å². The first-order valence-corrected chi connectivity index (χ1v) is 8.48.